The zero-order chi connectivity index (χ0) is 12.8. The predicted molar refractivity (Wildman–Crippen MR) is 68.8 cm³/mol. The Morgan fingerprint density at radius 3 is 2.06 bits per heavy atom. The Morgan fingerprint density at radius 1 is 1.06 bits per heavy atom. The summed E-state index contributed by atoms with van der Waals surface area (Å²) in [6.07, 6.45) is 0. The van der Waals surface area contributed by atoms with Gasteiger partial charge in [-0.05, 0) is 51.5 Å². The van der Waals surface area contributed by atoms with Crippen molar-refractivity contribution in [1.82, 2.24) is 0 Å². The molecule has 0 aromatic heterocycles. The van der Waals surface area contributed by atoms with Crippen LogP contribution < -0.4 is 0 Å². The summed E-state index contributed by atoms with van der Waals surface area (Å²) in [6, 6.07) is 4.86. The van der Waals surface area contributed by atoms with E-state index in [9.17, 15) is 4.39 Å². The lowest BCUT2D eigenvalue weighted by molar-refractivity contribution is 0.571. The van der Waals surface area contributed by atoms with Gasteiger partial charge in [0.15, 0.2) is 0 Å². The molecule has 0 aliphatic rings. The van der Waals surface area contributed by atoms with E-state index in [2.05, 4.69) is 11.8 Å². The van der Waals surface area contributed by atoms with Crippen molar-refractivity contribution in [3.05, 3.63) is 35.1 Å². The molecule has 1 heteroatoms. The van der Waals surface area contributed by atoms with Crippen LogP contribution in [0, 0.1) is 30.0 Å². The summed E-state index contributed by atoms with van der Waals surface area (Å²) < 4.78 is 13.0. The second-order valence-electron chi connectivity index (χ2n) is 4.52. The fourth-order valence-electron chi connectivity index (χ4n) is 1.07. The molecular weight excluding hydrogens is 199 g/mol. The maximum Gasteiger partial charge on any atom is 0.124 e. The molecule has 0 saturated carbocycles. The Hall–Kier alpha value is -1.29. The summed E-state index contributed by atoms with van der Waals surface area (Å²) in [5.74, 6) is 5.83. The van der Waals surface area contributed by atoms with E-state index in [1.165, 1.54) is 12.1 Å². The van der Waals surface area contributed by atoms with Gasteiger partial charge in [-0.25, -0.2) is 4.39 Å². The van der Waals surface area contributed by atoms with E-state index >= 15 is 0 Å². The quantitative estimate of drug-likeness (QED) is 0.562. The molecule has 0 fully saturated rings. The van der Waals surface area contributed by atoms with Gasteiger partial charge in [0.2, 0.25) is 0 Å². The van der Waals surface area contributed by atoms with Gasteiger partial charge in [-0.15, -0.1) is 0 Å². The third-order valence-electron chi connectivity index (χ3n) is 1.62. The van der Waals surface area contributed by atoms with E-state index in [0.29, 0.717) is 0 Å². The van der Waals surface area contributed by atoms with E-state index < -0.39 is 0 Å². The fourth-order valence-corrected chi connectivity index (χ4v) is 1.07. The van der Waals surface area contributed by atoms with Crippen molar-refractivity contribution in [2.45, 2.75) is 41.5 Å². The summed E-state index contributed by atoms with van der Waals surface area (Å²) in [7, 11) is 0. The molecule has 0 aliphatic carbocycles. The molecule has 1 aromatic carbocycles. The molecule has 0 nitrogen and oxygen atoms in total. The van der Waals surface area contributed by atoms with Crippen molar-refractivity contribution in [3.63, 3.8) is 0 Å². The van der Waals surface area contributed by atoms with Crippen LogP contribution in [0.25, 0.3) is 0 Å². The second kappa shape index (κ2) is 6.33. The minimum absolute atomic E-state index is 0.0414. The zero-order valence-corrected chi connectivity index (χ0v) is 11.1. The monoisotopic (exact) mass is 220 g/mol. The van der Waals surface area contributed by atoms with Gasteiger partial charge in [0.1, 0.15) is 5.82 Å². The highest BCUT2D eigenvalue weighted by Crippen LogP contribution is 2.12. The molecule has 1 rings (SSSR count). The van der Waals surface area contributed by atoms with Crippen LogP contribution in [0.15, 0.2) is 18.2 Å². The van der Waals surface area contributed by atoms with Gasteiger partial charge in [-0.3, -0.25) is 0 Å². The lowest BCUT2D eigenvalue weighted by atomic mass is 9.97. The molecule has 0 amide bonds. The summed E-state index contributed by atoms with van der Waals surface area (Å²) in [5.41, 5.74) is 1.61. The van der Waals surface area contributed by atoms with Crippen LogP contribution in [0.1, 0.15) is 45.7 Å². The van der Waals surface area contributed by atoms with Crippen molar-refractivity contribution in [1.29, 1.82) is 0 Å². The van der Waals surface area contributed by atoms with Crippen molar-refractivity contribution in [2.24, 2.45) is 5.41 Å². The van der Waals surface area contributed by atoms with Gasteiger partial charge >= 0.3 is 0 Å². The van der Waals surface area contributed by atoms with E-state index in [1.807, 2.05) is 47.6 Å². The number of hydrogen-bond acceptors (Lipinski definition) is 0. The number of halogens is 1. The summed E-state index contributed by atoms with van der Waals surface area (Å²) in [6.45, 7) is 12.0. The average molecular weight is 220 g/mol. The molecule has 0 heterocycles. The zero-order valence-electron chi connectivity index (χ0n) is 11.1. The Bertz CT molecular complexity index is 366. The van der Waals surface area contributed by atoms with Crippen molar-refractivity contribution < 1.29 is 4.39 Å². The largest absolute Gasteiger partial charge is 0.207 e. The van der Waals surface area contributed by atoms with Crippen molar-refractivity contribution in [3.8, 4) is 11.8 Å². The standard InChI is InChI=1S/C13H15F.C2H6/c1-10-7-11(9-12(14)8-10)5-6-13(2,3)4;1-2/h7-9H,1-4H3;1-2H3. The SMILES string of the molecule is CC.Cc1cc(F)cc(C#CC(C)(C)C)c1. The van der Waals surface area contributed by atoms with Crippen LogP contribution in [-0.2, 0) is 0 Å². The normalized spacial score (nSPS) is 9.69. The van der Waals surface area contributed by atoms with Crippen LogP contribution in [0.3, 0.4) is 0 Å². The van der Waals surface area contributed by atoms with Gasteiger partial charge in [0.25, 0.3) is 0 Å². The number of aryl methyl sites for hydroxylation is 1. The predicted octanol–water partition coefficient (Wildman–Crippen LogP) is 4.56. The average Bonchev–Trinajstić information content (AvgIpc) is 2.15. The Balaban J connectivity index is 0.00000106. The first-order valence-electron chi connectivity index (χ1n) is 5.67. The lowest BCUT2D eigenvalue weighted by Crippen LogP contribution is -1.99. The maximum atomic E-state index is 13.0. The Kier molecular flexibility index (Phi) is 5.82. The van der Waals surface area contributed by atoms with E-state index in [0.717, 1.165) is 11.1 Å². The molecule has 1 aromatic rings. The third kappa shape index (κ3) is 6.24. The fraction of sp³-hybridized carbons (Fsp3) is 0.467. The molecule has 0 aliphatic heterocycles. The smallest absolute Gasteiger partial charge is 0.124 e. The molecular formula is C15H21F. The number of hydrogen-bond donors (Lipinski definition) is 0. The van der Waals surface area contributed by atoms with Crippen molar-refractivity contribution >= 4 is 0 Å². The minimum atomic E-state index is -0.219. The molecule has 0 bridgehead atoms. The van der Waals surface area contributed by atoms with Crippen LogP contribution >= 0.6 is 0 Å². The lowest BCUT2D eigenvalue weighted by Gasteiger charge is -2.06. The molecule has 0 spiro atoms. The molecule has 16 heavy (non-hydrogen) atoms. The minimum Gasteiger partial charge on any atom is -0.207 e. The van der Waals surface area contributed by atoms with E-state index in [-0.39, 0.29) is 11.2 Å². The third-order valence-corrected chi connectivity index (χ3v) is 1.62. The maximum absolute atomic E-state index is 13.0. The van der Waals surface area contributed by atoms with Gasteiger partial charge in [-0.1, -0.05) is 25.7 Å². The number of rotatable bonds is 0. The summed E-state index contributed by atoms with van der Waals surface area (Å²) in [4.78, 5) is 0. The molecule has 0 unspecified atom stereocenters. The Labute approximate surface area is 98.9 Å². The molecule has 88 valence electrons. The molecule has 0 atom stereocenters. The first-order valence-corrected chi connectivity index (χ1v) is 5.67. The molecule has 0 N–H and O–H groups in total. The van der Waals surface area contributed by atoms with Gasteiger partial charge < -0.3 is 0 Å². The summed E-state index contributed by atoms with van der Waals surface area (Å²) >= 11 is 0. The second-order valence-corrected chi connectivity index (χ2v) is 4.52. The van der Waals surface area contributed by atoms with Gasteiger partial charge in [-0.2, -0.15) is 0 Å². The van der Waals surface area contributed by atoms with E-state index in [1.54, 1.807) is 0 Å². The van der Waals surface area contributed by atoms with Crippen molar-refractivity contribution in [2.75, 3.05) is 0 Å². The highest BCUT2D eigenvalue weighted by molar-refractivity contribution is 5.38. The highest BCUT2D eigenvalue weighted by Gasteiger charge is 2.03. The van der Waals surface area contributed by atoms with Gasteiger partial charge in [0, 0.05) is 11.0 Å². The first-order chi connectivity index (χ1) is 7.37. The molecule has 0 saturated heterocycles. The summed E-state index contributed by atoms with van der Waals surface area (Å²) in [5, 5.41) is 0. The first kappa shape index (κ1) is 14.7. The van der Waals surface area contributed by atoms with Crippen LogP contribution in [-0.4, -0.2) is 0 Å². The van der Waals surface area contributed by atoms with Crippen LogP contribution in [0.4, 0.5) is 4.39 Å². The van der Waals surface area contributed by atoms with Crippen LogP contribution in [0.5, 0.6) is 0 Å². The topological polar surface area (TPSA) is 0 Å². The Morgan fingerprint density at radius 2 is 1.62 bits per heavy atom. The van der Waals surface area contributed by atoms with Gasteiger partial charge in [0.05, 0.1) is 0 Å². The molecule has 0 radical (unpaired) electrons. The van der Waals surface area contributed by atoms with Crippen LogP contribution in [0.2, 0.25) is 0 Å². The highest BCUT2D eigenvalue weighted by atomic mass is 19.1. The van der Waals surface area contributed by atoms with E-state index in [4.69, 9.17) is 0 Å². The number of benzene rings is 1.